The Hall–Kier alpha value is 0.394. The Morgan fingerprint density at radius 3 is 1.60 bits per heavy atom. The number of carbonyl (C=O) groups is 2. The van der Waals surface area contributed by atoms with Crippen LogP contribution in [0, 0.1) is 13.4 Å². The van der Waals surface area contributed by atoms with Crippen molar-refractivity contribution in [1.29, 1.82) is 0 Å². The zero-order chi connectivity index (χ0) is 9.98. The second-order valence-electron chi connectivity index (χ2n) is 1.59. The molecule has 0 aromatic heterocycles. The van der Waals surface area contributed by atoms with Crippen molar-refractivity contribution in [2.45, 2.75) is 28.7 Å². The zero-order valence-electron chi connectivity index (χ0n) is 7.74. The molecule has 0 aromatic carbocycles. The molecule has 0 aromatic rings. The van der Waals surface area contributed by atoms with Crippen LogP contribution in [0.1, 0.15) is 28.7 Å². The molecule has 0 atom stereocenters. The Bertz CT molecular complexity index is 142. The third-order valence-electron chi connectivity index (χ3n) is 0.549. The van der Waals surface area contributed by atoms with Crippen molar-refractivity contribution in [3.05, 3.63) is 13.4 Å². The van der Waals surface area contributed by atoms with Gasteiger partial charge < -0.3 is 21.2 Å². The molecule has 0 fully saturated rings. The van der Waals surface area contributed by atoms with Gasteiger partial charge >= 0.3 is 5.97 Å². The van der Waals surface area contributed by atoms with Gasteiger partial charge in [0.25, 0.3) is 5.97 Å². The number of esters is 2. The fourth-order valence-corrected chi connectivity index (χ4v) is 0.374. The molecule has 0 saturated carbocycles. The van der Waals surface area contributed by atoms with E-state index in [9.17, 15) is 9.59 Å². The zero-order valence-corrected chi connectivity index (χ0v) is 11.4. The standard InChI is InChI=1S/C4H7O2S.C3H5O2.2CH4.Y/c1-4(5)6-3-7-2;1-3(4)5-2;;;/h2-3H2,1H3;2H2,1H3;2*1H4;/q2*-1;;;. The van der Waals surface area contributed by atoms with Crippen molar-refractivity contribution in [2.24, 2.45) is 0 Å². The minimum Gasteiger partial charge on any atom is -0.640 e. The van der Waals surface area contributed by atoms with Crippen molar-refractivity contribution in [1.82, 2.24) is 0 Å². The first kappa shape index (κ1) is 29.5. The monoisotopic (exact) mass is 313 g/mol. The van der Waals surface area contributed by atoms with Crippen molar-refractivity contribution >= 4 is 23.7 Å². The van der Waals surface area contributed by atoms with E-state index in [0.717, 1.165) is 0 Å². The summed E-state index contributed by atoms with van der Waals surface area (Å²) in [6.45, 7) is 2.67. The topological polar surface area (TPSA) is 52.6 Å². The maximum absolute atomic E-state index is 9.94. The number of carbonyl (C=O) groups excluding carboxylic acids is 2. The quantitative estimate of drug-likeness (QED) is 0.446. The molecular formula is C9H20O4SY-2. The maximum atomic E-state index is 9.94. The molecule has 0 bridgehead atoms. The van der Waals surface area contributed by atoms with Gasteiger partial charge in [-0.25, -0.2) is 0 Å². The molecule has 4 nitrogen and oxygen atoms in total. The smallest absolute Gasteiger partial charge is 0.303 e. The van der Waals surface area contributed by atoms with Crippen molar-refractivity contribution < 1.29 is 51.8 Å². The van der Waals surface area contributed by atoms with Crippen LogP contribution in [0.5, 0.6) is 0 Å². The summed E-state index contributed by atoms with van der Waals surface area (Å²) in [5, 5.41) is 0. The van der Waals surface area contributed by atoms with Crippen LogP contribution in [0.2, 0.25) is 0 Å². The molecule has 0 aliphatic rings. The largest absolute Gasteiger partial charge is 0.640 e. The molecule has 0 heterocycles. The van der Waals surface area contributed by atoms with E-state index in [2.05, 4.69) is 22.8 Å². The molecule has 0 amide bonds. The van der Waals surface area contributed by atoms with Crippen LogP contribution in [-0.4, -0.2) is 17.9 Å². The van der Waals surface area contributed by atoms with Crippen LogP contribution in [0.15, 0.2) is 0 Å². The normalized spacial score (nSPS) is 6.13. The van der Waals surface area contributed by atoms with E-state index >= 15 is 0 Å². The van der Waals surface area contributed by atoms with E-state index in [4.69, 9.17) is 0 Å². The van der Waals surface area contributed by atoms with Crippen LogP contribution < -0.4 is 0 Å². The molecule has 0 spiro atoms. The van der Waals surface area contributed by atoms with Crippen molar-refractivity contribution in [3.63, 3.8) is 0 Å². The molecule has 15 heavy (non-hydrogen) atoms. The summed E-state index contributed by atoms with van der Waals surface area (Å²) >= 11 is 1.24. The fourth-order valence-electron chi connectivity index (χ4n) is 0.125. The van der Waals surface area contributed by atoms with E-state index in [1.807, 2.05) is 0 Å². The first-order valence-electron chi connectivity index (χ1n) is 2.97. The molecule has 91 valence electrons. The molecule has 0 rings (SSSR count). The molecular weight excluding hydrogens is 293 g/mol. The van der Waals surface area contributed by atoms with Gasteiger partial charge in [-0.15, -0.1) is 0 Å². The van der Waals surface area contributed by atoms with Gasteiger partial charge in [-0.1, -0.05) is 14.9 Å². The van der Waals surface area contributed by atoms with Gasteiger partial charge in [-0.3, -0.25) is 15.8 Å². The number of rotatable bonds is 2. The van der Waals surface area contributed by atoms with Crippen molar-refractivity contribution in [2.75, 3.05) is 5.94 Å². The number of hydrogen-bond acceptors (Lipinski definition) is 5. The first-order valence-corrected chi connectivity index (χ1v) is 4.13. The average molecular weight is 313 g/mol. The number of thioether (sulfide) groups is 1. The predicted molar refractivity (Wildman–Crippen MR) is 60.2 cm³/mol. The maximum Gasteiger partial charge on any atom is 0.303 e. The summed E-state index contributed by atoms with van der Waals surface area (Å²) in [7, 11) is 2.84. The summed E-state index contributed by atoms with van der Waals surface area (Å²) in [6.07, 6.45) is 3.40. The first-order chi connectivity index (χ1) is 5.54. The van der Waals surface area contributed by atoms with E-state index < -0.39 is 0 Å². The van der Waals surface area contributed by atoms with Crippen LogP contribution >= 0.6 is 11.8 Å². The van der Waals surface area contributed by atoms with Gasteiger partial charge in [0.2, 0.25) is 0 Å². The van der Waals surface area contributed by atoms with Crippen molar-refractivity contribution in [3.8, 4) is 0 Å². The Balaban J connectivity index is -0.0000000383. The van der Waals surface area contributed by atoms with Gasteiger partial charge in [0.05, 0.1) is 0 Å². The van der Waals surface area contributed by atoms with Crippen LogP contribution in [0.3, 0.4) is 0 Å². The molecule has 6 heteroatoms. The van der Waals surface area contributed by atoms with Crippen LogP contribution in [0.25, 0.3) is 0 Å². The number of ether oxygens (including phenoxy) is 2. The molecule has 1 radical (unpaired) electrons. The summed E-state index contributed by atoms with van der Waals surface area (Å²) in [5.74, 6) is -0.254. The molecule has 0 unspecified atom stereocenters. The predicted octanol–water partition coefficient (Wildman–Crippen LogP) is 2.64. The number of hydrogen-bond donors (Lipinski definition) is 0. The SMILES string of the molecule is C.C.[CH2-]OC(C)=O.[CH2-]SCOC(C)=O.[Y]. The second kappa shape index (κ2) is 23.9. The van der Waals surface area contributed by atoms with Gasteiger partial charge in [0, 0.05) is 46.6 Å². The Morgan fingerprint density at radius 1 is 1.20 bits per heavy atom. The summed E-state index contributed by atoms with van der Waals surface area (Å²) in [5.41, 5.74) is 0. The van der Waals surface area contributed by atoms with Gasteiger partial charge in [0.15, 0.2) is 0 Å². The van der Waals surface area contributed by atoms with Gasteiger partial charge in [0.1, 0.15) is 5.94 Å². The Kier molecular flexibility index (Phi) is 47.0. The summed E-state index contributed by atoms with van der Waals surface area (Å²) in [4.78, 5) is 19.5. The van der Waals surface area contributed by atoms with E-state index in [0.29, 0.717) is 5.94 Å². The molecule has 0 aliphatic carbocycles. The van der Waals surface area contributed by atoms with Crippen LogP contribution in [0.4, 0.5) is 0 Å². The van der Waals surface area contributed by atoms with Crippen LogP contribution in [-0.2, 0) is 51.8 Å². The summed E-state index contributed by atoms with van der Waals surface area (Å²) < 4.78 is 8.31. The average Bonchev–Trinajstić information content (AvgIpc) is 2.02. The summed E-state index contributed by atoms with van der Waals surface area (Å²) in [6, 6.07) is 0. The van der Waals surface area contributed by atoms with E-state index in [-0.39, 0.29) is 59.5 Å². The Labute approximate surface area is 123 Å². The van der Waals surface area contributed by atoms with E-state index in [1.54, 1.807) is 0 Å². The third kappa shape index (κ3) is 54.1. The molecule has 0 N–H and O–H groups in total. The second-order valence-corrected chi connectivity index (χ2v) is 2.24. The molecule has 0 aliphatic heterocycles. The Morgan fingerprint density at radius 2 is 1.53 bits per heavy atom. The third-order valence-corrected chi connectivity index (χ3v) is 0.833. The molecule has 0 saturated heterocycles. The fraction of sp³-hybridized carbons (Fsp3) is 0.556. The minimum atomic E-state index is -0.356. The van der Waals surface area contributed by atoms with Gasteiger partial charge in [-0.2, -0.15) is 7.11 Å². The van der Waals surface area contributed by atoms with E-state index in [1.165, 1.54) is 25.6 Å². The van der Waals surface area contributed by atoms with Gasteiger partial charge in [-0.05, 0) is 0 Å². The minimum absolute atomic E-state index is 0.